The molecule has 7 heteroatoms. The molecule has 0 atom stereocenters. The van der Waals surface area contributed by atoms with Crippen LogP contribution in [0.25, 0.3) is 0 Å². The monoisotopic (exact) mass is 336 g/mol. The van der Waals surface area contributed by atoms with E-state index in [-0.39, 0.29) is 11.6 Å². The second kappa shape index (κ2) is 7.07. The minimum atomic E-state index is -1.51. The van der Waals surface area contributed by atoms with Crippen molar-refractivity contribution in [1.82, 2.24) is 9.97 Å². The Bertz CT molecular complexity index is 728. The van der Waals surface area contributed by atoms with Gasteiger partial charge in [0.2, 0.25) is 5.95 Å². The quantitative estimate of drug-likeness (QED) is 0.847. The first-order valence-electron chi connectivity index (χ1n) is 8.06. The third-order valence-electron chi connectivity index (χ3n) is 4.05. The first kappa shape index (κ1) is 16.5. The van der Waals surface area contributed by atoms with Crippen LogP contribution in [0.5, 0.6) is 0 Å². The second-order valence-electron chi connectivity index (χ2n) is 5.94. The topological polar surface area (TPSA) is 41.1 Å². The van der Waals surface area contributed by atoms with Crippen molar-refractivity contribution in [3.63, 3.8) is 0 Å². The highest BCUT2D eigenvalue weighted by atomic mass is 19.2. The minimum absolute atomic E-state index is 0.166. The van der Waals surface area contributed by atoms with E-state index in [0.29, 0.717) is 0 Å². The normalized spacial score (nSPS) is 15.2. The van der Waals surface area contributed by atoms with Crippen LogP contribution in [0, 0.1) is 24.4 Å². The van der Waals surface area contributed by atoms with E-state index in [4.69, 9.17) is 0 Å². The number of hydrogen-bond donors (Lipinski definition) is 1. The van der Waals surface area contributed by atoms with Gasteiger partial charge in [0.05, 0.1) is 5.69 Å². The van der Waals surface area contributed by atoms with Crippen LogP contribution in [-0.4, -0.2) is 23.1 Å². The number of aromatic nitrogens is 2. The fraction of sp³-hybridized carbons (Fsp3) is 0.412. The Morgan fingerprint density at radius 3 is 2.38 bits per heavy atom. The maximum atomic E-state index is 13.8. The summed E-state index contributed by atoms with van der Waals surface area (Å²) in [5.41, 5.74) is 0.524. The smallest absolute Gasteiger partial charge is 0.229 e. The molecule has 1 fully saturated rings. The predicted octanol–water partition coefficient (Wildman–Crippen LogP) is 4.33. The van der Waals surface area contributed by atoms with Gasteiger partial charge >= 0.3 is 0 Å². The molecule has 0 bridgehead atoms. The van der Waals surface area contributed by atoms with Crippen LogP contribution in [0.4, 0.5) is 30.6 Å². The van der Waals surface area contributed by atoms with E-state index < -0.39 is 17.5 Å². The van der Waals surface area contributed by atoms with Crippen LogP contribution in [-0.2, 0) is 0 Å². The van der Waals surface area contributed by atoms with E-state index in [1.807, 2.05) is 13.0 Å². The van der Waals surface area contributed by atoms with Crippen LogP contribution in [0.1, 0.15) is 31.4 Å². The van der Waals surface area contributed by atoms with Gasteiger partial charge in [0.15, 0.2) is 17.5 Å². The molecule has 3 rings (SSSR count). The Labute approximate surface area is 138 Å². The van der Waals surface area contributed by atoms with Gasteiger partial charge < -0.3 is 10.2 Å². The first-order chi connectivity index (χ1) is 11.5. The maximum absolute atomic E-state index is 13.8. The Morgan fingerprint density at radius 1 is 0.958 bits per heavy atom. The number of nitrogens with one attached hydrogen (secondary N) is 1. The van der Waals surface area contributed by atoms with Crippen LogP contribution >= 0.6 is 0 Å². The molecule has 0 radical (unpaired) electrons. The summed E-state index contributed by atoms with van der Waals surface area (Å²) < 4.78 is 40.2. The van der Waals surface area contributed by atoms with E-state index >= 15 is 0 Å². The highest BCUT2D eigenvalue weighted by molar-refractivity contribution is 5.56. The maximum Gasteiger partial charge on any atom is 0.229 e. The van der Waals surface area contributed by atoms with E-state index in [0.717, 1.165) is 49.6 Å². The SMILES string of the molecule is Cc1cc(N2CCCCCC2)nc(Nc2ccc(F)c(F)c2F)n1. The Morgan fingerprint density at radius 2 is 1.67 bits per heavy atom. The number of nitrogens with zero attached hydrogens (tertiary/aromatic N) is 3. The highest BCUT2D eigenvalue weighted by Crippen LogP contribution is 2.24. The molecule has 0 unspecified atom stereocenters. The zero-order valence-corrected chi connectivity index (χ0v) is 13.5. The zero-order valence-electron chi connectivity index (χ0n) is 13.5. The summed E-state index contributed by atoms with van der Waals surface area (Å²) in [6.45, 7) is 3.64. The lowest BCUT2D eigenvalue weighted by Crippen LogP contribution is -2.25. The molecule has 2 aromatic rings. The summed E-state index contributed by atoms with van der Waals surface area (Å²) >= 11 is 0. The van der Waals surface area contributed by atoms with E-state index in [9.17, 15) is 13.2 Å². The lowest BCUT2D eigenvalue weighted by Gasteiger charge is -2.22. The molecule has 4 nitrogen and oxygen atoms in total. The summed E-state index contributed by atoms with van der Waals surface area (Å²) in [6.07, 6.45) is 4.60. The van der Waals surface area contributed by atoms with Crippen molar-refractivity contribution in [3.8, 4) is 0 Å². The number of anilines is 3. The molecule has 0 aliphatic carbocycles. The molecule has 0 amide bonds. The Hall–Kier alpha value is -2.31. The fourth-order valence-electron chi connectivity index (χ4n) is 2.81. The summed E-state index contributed by atoms with van der Waals surface area (Å²) in [4.78, 5) is 10.8. The molecule has 1 aromatic heterocycles. The predicted molar refractivity (Wildman–Crippen MR) is 87.0 cm³/mol. The van der Waals surface area contributed by atoms with Gasteiger partial charge in [-0.25, -0.2) is 18.2 Å². The first-order valence-corrected chi connectivity index (χ1v) is 8.06. The van der Waals surface area contributed by atoms with Crippen molar-refractivity contribution in [2.45, 2.75) is 32.6 Å². The molecule has 1 aliphatic rings. The van der Waals surface area contributed by atoms with Gasteiger partial charge in [0, 0.05) is 24.8 Å². The molecule has 0 spiro atoms. The van der Waals surface area contributed by atoms with Gasteiger partial charge in [-0.15, -0.1) is 0 Å². The highest BCUT2D eigenvalue weighted by Gasteiger charge is 2.16. The number of benzene rings is 1. The van der Waals surface area contributed by atoms with Gasteiger partial charge in [-0.1, -0.05) is 12.8 Å². The van der Waals surface area contributed by atoms with Gasteiger partial charge in [-0.2, -0.15) is 4.98 Å². The summed E-state index contributed by atoms with van der Waals surface area (Å²) in [6, 6.07) is 3.87. The Balaban J connectivity index is 1.87. The van der Waals surface area contributed by atoms with Crippen LogP contribution in [0.3, 0.4) is 0 Å². The van der Waals surface area contributed by atoms with Crippen molar-refractivity contribution in [1.29, 1.82) is 0 Å². The van der Waals surface area contributed by atoms with Crippen LogP contribution < -0.4 is 10.2 Å². The number of hydrogen-bond acceptors (Lipinski definition) is 4. The van der Waals surface area contributed by atoms with Crippen LogP contribution in [0.15, 0.2) is 18.2 Å². The molecular formula is C17H19F3N4. The standard InChI is InChI=1S/C17H19F3N4/c1-11-10-14(24-8-4-2-3-5-9-24)23-17(21-11)22-13-7-6-12(18)15(19)16(13)20/h6-7,10H,2-5,8-9H2,1H3,(H,21,22,23). The number of halogens is 3. The minimum Gasteiger partial charge on any atom is -0.356 e. The number of rotatable bonds is 3. The summed E-state index contributed by atoms with van der Waals surface area (Å²) in [7, 11) is 0. The van der Waals surface area contributed by atoms with Gasteiger partial charge in [0.25, 0.3) is 0 Å². The molecule has 1 N–H and O–H groups in total. The average Bonchev–Trinajstić information content (AvgIpc) is 2.84. The van der Waals surface area contributed by atoms with E-state index in [1.54, 1.807) is 0 Å². The molecule has 1 aromatic carbocycles. The Kier molecular flexibility index (Phi) is 4.87. The largest absolute Gasteiger partial charge is 0.356 e. The third-order valence-corrected chi connectivity index (χ3v) is 4.05. The van der Waals surface area contributed by atoms with Gasteiger partial charge in [0.1, 0.15) is 5.82 Å². The molecule has 0 saturated carbocycles. The molecule has 24 heavy (non-hydrogen) atoms. The van der Waals surface area contributed by atoms with Crippen molar-refractivity contribution in [2.75, 3.05) is 23.3 Å². The zero-order chi connectivity index (χ0) is 17.1. The lowest BCUT2D eigenvalue weighted by molar-refractivity contribution is 0.449. The van der Waals surface area contributed by atoms with Gasteiger partial charge in [-0.3, -0.25) is 0 Å². The lowest BCUT2D eigenvalue weighted by atomic mass is 10.2. The summed E-state index contributed by atoms with van der Waals surface area (Å²) in [5.74, 6) is -3.10. The third kappa shape index (κ3) is 3.60. The van der Waals surface area contributed by atoms with E-state index in [2.05, 4.69) is 20.2 Å². The van der Waals surface area contributed by atoms with Crippen molar-refractivity contribution in [3.05, 3.63) is 41.3 Å². The van der Waals surface area contributed by atoms with Crippen molar-refractivity contribution >= 4 is 17.5 Å². The average molecular weight is 336 g/mol. The van der Waals surface area contributed by atoms with Crippen molar-refractivity contribution < 1.29 is 13.2 Å². The molecule has 1 saturated heterocycles. The molecule has 2 heterocycles. The fourth-order valence-corrected chi connectivity index (χ4v) is 2.81. The van der Waals surface area contributed by atoms with E-state index in [1.165, 1.54) is 12.8 Å². The molecular weight excluding hydrogens is 317 g/mol. The molecule has 128 valence electrons. The molecule has 1 aliphatic heterocycles. The van der Waals surface area contributed by atoms with Crippen molar-refractivity contribution in [2.24, 2.45) is 0 Å². The van der Waals surface area contributed by atoms with Gasteiger partial charge in [-0.05, 0) is 31.9 Å². The number of aryl methyl sites for hydroxylation is 1. The van der Waals surface area contributed by atoms with Crippen LogP contribution in [0.2, 0.25) is 0 Å². The summed E-state index contributed by atoms with van der Waals surface area (Å²) in [5, 5.41) is 2.65. The second-order valence-corrected chi connectivity index (χ2v) is 5.94.